The summed E-state index contributed by atoms with van der Waals surface area (Å²) in [6, 6.07) is 5.56. The highest BCUT2D eigenvalue weighted by atomic mass is 16.5. The van der Waals surface area contributed by atoms with E-state index in [1.165, 1.54) is 6.92 Å². The van der Waals surface area contributed by atoms with Gasteiger partial charge in [0.15, 0.2) is 5.78 Å². The molecule has 1 aromatic carbocycles. The number of fused-ring (bicyclic) bond motifs is 1. The third-order valence-corrected chi connectivity index (χ3v) is 6.60. The molecule has 1 heterocycles. The molecule has 2 aromatic rings. The number of ether oxygens (including phenoxy) is 1. The van der Waals surface area contributed by atoms with Crippen LogP contribution in [0.1, 0.15) is 85.0 Å². The number of rotatable bonds is 5. The first-order chi connectivity index (χ1) is 15.5. The summed E-state index contributed by atoms with van der Waals surface area (Å²) in [5.74, 6) is -0.635. The number of aryl methyl sites for hydroxylation is 1. The molecule has 2 aliphatic rings. The monoisotopic (exact) mass is 452 g/mol. The van der Waals surface area contributed by atoms with Crippen molar-refractivity contribution in [2.45, 2.75) is 78.4 Å². The average Bonchev–Trinajstić information content (AvgIpc) is 3.04. The van der Waals surface area contributed by atoms with Crippen LogP contribution >= 0.6 is 0 Å². The van der Waals surface area contributed by atoms with Crippen molar-refractivity contribution in [1.82, 2.24) is 9.78 Å². The molecule has 0 bridgehead atoms. The fourth-order valence-corrected chi connectivity index (χ4v) is 5.13. The van der Waals surface area contributed by atoms with Gasteiger partial charge in [0.1, 0.15) is 6.10 Å². The van der Waals surface area contributed by atoms with Gasteiger partial charge >= 0.3 is 5.97 Å². The minimum absolute atomic E-state index is 0.0537. The molecular weight excluding hydrogens is 420 g/mol. The van der Waals surface area contributed by atoms with Crippen LogP contribution in [0.5, 0.6) is 0 Å². The van der Waals surface area contributed by atoms with E-state index in [2.05, 4.69) is 24.3 Å². The standard InChI is InChI=1S/C25H32N4O4/c1-14-23-21(12-25(3,4)13-22(23)31)29(28-14)17-7-10-19(24(26)32)20(11-17)27-16-5-8-18(9-6-16)33-15(2)30/h7,10-11,16,18,27H,5-6,8-9,12-13H2,1-4H3,(H2,26,32). The number of carbonyl (C=O) groups is 3. The predicted octanol–water partition coefficient (Wildman–Crippen LogP) is 3.72. The lowest BCUT2D eigenvalue weighted by atomic mass is 9.75. The highest BCUT2D eigenvalue weighted by Gasteiger charge is 2.36. The van der Waals surface area contributed by atoms with Gasteiger partial charge in [0.05, 0.1) is 28.2 Å². The molecule has 8 heteroatoms. The van der Waals surface area contributed by atoms with E-state index in [9.17, 15) is 14.4 Å². The maximum absolute atomic E-state index is 12.8. The van der Waals surface area contributed by atoms with Crippen molar-refractivity contribution in [3.05, 3.63) is 40.7 Å². The van der Waals surface area contributed by atoms with Crippen LogP contribution in [0.3, 0.4) is 0 Å². The molecule has 176 valence electrons. The molecule has 4 rings (SSSR count). The lowest BCUT2D eigenvalue weighted by Gasteiger charge is -2.30. The number of hydrogen-bond acceptors (Lipinski definition) is 6. The molecule has 0 unspecified atom stereocenters. The first-order valence-electron chi connectivity index (χ1n) is 11.5. The number of carbonyl (C=O) groups excluding carboxylic acids is 3. The third-order valence-electron chi connectivity index (χ3n) is 6.60. The maximum Gasteiger partial charge on any atom is 0.302 e. The molecule has 1 fully saturated rings. The molecule has 1 aromatic heterocycles. The first-order valence-corrected chi connectivity index (χ1v) is 11.5. The van der Waals surface area contributed by atoms with Gasteiger partial charge < -0.3 is 15.8 Å². The van der Waals surface area contributed by atoms with E-state index < -0.39 is 5.91 Å². The number of ketones is 1. The Labute approximate surface area is 193 Å². The normalized spacial score (nSPS) is 21.9. The second-order valence-corrected chi connectivity index (χ2v) is 10.1. The number of primary amides is 1. The van der Waals surface area contributed by atoms with Gasteiger partial charge in [-0.3, -0.25) is 14.4 Å². The van der Waals surface area contributed by atoms with Crippen LogP contribution in [-0.4, -0.2) is 39.6 Å². The fourth-order valence-electron chi connectivity index (χ4n) is 5.13. The van der Waals surface area contributed by atoms with Crippen molar-refractivity contribution >= 4 is 23.3 Å². The molecule has 0 saturated heterocycles. The first kappa shape index (κ1) is 23.0. The number of anilines is 1. The zero-order valence-corrected chi connectivity index (χ0v) is 19.7. The molecule has 1 amide bonds. The molecule has 8 nitrogen and oxygen atoms in total. The number of esters is 1. The topological polar surface area (TPSA) is 116 Å². The van der Waals surface area contributed by atoms with Gasteiger partial charge in [0.2, 0.25) is 0 Å². The Hall–Kier alpha value is -3.16. The average molecular weight is 453 g/mol. The molecule has 1 saturated carbocycles. The lowest BCUT2D eigenvalue weighted by Crippen LogP contribution is -2.31. The number of Topliss-reactive ketones (excluding diaryl/α,β-unsaturated/α-hetero) is 1. The van der Waals surface area contributed by atoms with E-state index in [0.29, 0.717) is 23.2 Å². The largest absolute Gasteiger partial charge is 0.463 e. The second-order valence-electron chi connectivity index (χ2n) is 10.1. The number of amides is 1. The minimum atomic E-state index is -0.507. The number of nitrogens with two attached hydrogens (primary N) is 1. The van der Waals surface area contributed by atoms with Crippen molar-refractivity contribution in [1.29, 1.82) is 0 Å². The molecule has 0 spiro atoms. The number of aromatic nitrogens is 2. The van der Waals surface area contributed by atoms with Gasteiger partial charge in [-0.2, -0.15) is 5.10 Å². The van der Waals surface area contributed by atoms with Crippen LogP contribution in [0.15, 0.2) is 18.2 Å². The summed E-state index contributed by atoms with van der Waals surface area (Å²) in [5.41, 5.74) is 9.71. The predicted molar refractivity (Wildman–Crippen MR) is 125 cm³/mol. The van der Waals surface area contributed by atoms with Crippen LogP contribution in [0.25, 0.3) is 5.69 Å². The number of nitrogens with one attached hydrogen (secondary N) is 1. The highest BCUT2D eigenvalue weighted by Crippen LogP contribution is 2.37. The van der Waals surface area contributed by atoms with Crippen LogP contribution in [0.2, 0.25) is 0 Å². The Morgan fingerprint density at radius 3 is 2.52 bits per heavy atom. The Kier molecular flexibility index (Phi) is 6.03. The van der Waals surface area contributed by atoms with Gasteiger partial charge in [-0.05, 0) is 62.6 Å². The highest BCUT2D eigenvalue weighted by molar-refractivity contribution is 6.00. The molecule has 3 N–H and O–H groups in total. The van der Waals surface area contributed by atoms with E-state index >= 15 is 0 Å². The van der Waals surface area contributed by atoms with Crippen LogP contribution in [0, 0.1) is 12.3 Å². The number of hydrogen-bond donors (Lipinski definition) is 2. The summed E-state index contributed by atoms with van der Waals surface area (Å²) in [5, 5.41) is 8.16. The zero-order valence-electron chi connectivity index (χ0n) is 19.7. The van der Waals surface area contributed by atoms with Crippen molar-refractivity contribution < 1.29 is 19.1 Å². The van der Waals surface area contributed by atoms with Crippen molar-refractivity contribution in [3.63, 3.8) is 0 Å². The summed E-state index contributed by atoms with van der Waals surface area (Å²) in [6.07, 6.45) is 4.38. The number of nitrogens with zero attached hydrogens (tertiary/aromatic N) is 2. The quantitative estimate of drug-likeness (QED) is 0.668. The van der Waals surface area contributed by atoms with Gasteiger partial charge in [-0.25, -0.2) is 4.68 Å². The Balaban J connectivity index is 1.63. The van der Waals surface area contributed by atoms with Crippen molar-refractivity contribution in [3.8, 4) is 5.69 Å². The summed E-state index contributed by atoms with van der Waals surface area (Å²) in [7, 11) is 0. The summed E-state index contributed by atoms with van der Waals surface area (Å²) < 4.78 is 7.16. The molecular formula is C25H32N4O4. The summed E-state index contributed by atoms with van der Waals surface area (Å²) in [4.78, 5) is 36.1. The molecule has 0 atom stereocenters. The van der Waals surface area contributed by atoms with E-state index in [1.807, 2.05) is 23.7 Å². The fraction of sp³-hybridized carbons (Fsp3) is 0.520. The second kappa shape index (κ2) is 8.65. The van der Waals surface area contributed by atoms with Crippen LogP contribution in [-0.2, 0) is 16.0 Å². The Bertz CT molecular complexity index is 1110. The third kappa shape index (κ3) is 4.79. The van der Waals surface area contributed by atoms with E-state index in [-0.39, 0.29) is 29.3 Å². The number of benzene rings is 1. The van der Waals surface area contributed by atoms with Gasteiger partial charge in [0.25, 0.3) is 5.91 Å². The minimum Gasteiger partial charge on any atom is -0.463 e. The van der Waals surface area contributed by atoms with Gasteiger partial charge in [0, 0.05) is 25.1 Å². The van der Waals surface area contributed by atoms with Gasteiger partial charge in [-0.1, -0.05) is 13.8 Å². The molecule has 0 radical (unpaired) electrons. The van der Waals surface area contributed by atoms with Crippen LogP contribution in [0.4, 0.5) is 5.69 Å². The van der Waals surface area contributed by atoms with E-state index in [4.69, 9.17) is 10.5 Å². The molecule has 33 heavy (non-hydrogen) atoms. The smallest absolute Gasteiger partial charge is 0.302 e. The molecule has 2 aliphatic carbocycles. The van der Waals surface area contributed by atoms with Crippen molar-refractivity contribution in [2.75, 3.05) is 5.32 Å². The van der Waals surface area contributed by atoms with Crippen LogP contribution < -0.4 is 11.1 Å². The molecule has 0 aliphatic heterocycles. The van der Waals surface area contributed by atoms with Crippen molar-refractivity contribution in [2.24, 2.45) is 11.1 Å². The van der Waals surface area contributed by atoms with E-state index in [1.54, 1.807) is 6.07 Å². The zero-order chi connectivity index (χ0) is 23.9. The van der Waals surface area contributed by atoms with Gasteiger partial charge in [-0.15, -0.1) is 0 Å². The summed E-state index contributed by atoms with van der Waals surface area (Å²) >= 11 is 0. The Morgan fingerprint density at radius 2 is 1.88 bits per heavy atom. The Morgan fingerprint density at radius 1 is 1.18 bits per heavy atom. The summed E-state index contributed by atoms with van der Waals surface area (Å²) in [6.45, 7) is 7.48. The van der Waals surface area contributed by atoms with E-state index in [0.717, 1.165) is 49.2 Å². The lowest BCUT2D eigenvalue weighted by molar-refractivity contribution is -0.147. The SMILES string of the molecule is CC(=O)OC1CCC(Nc2cc(-n3nc(C)c4c3CC(C)(C)CC4=O)ccc2C(N)=O)CC1. The maximum atomic E-state index is 12.8.